The maximum Gasteiger partial charge on any atom is 0.326 e. The molecule has 1 unspecified atom stereocenters. The largest absolute Gasteiger partial charge is 0.480 e. The molecule has 0 aromatic carbocycles. The lowest BCUT2D eigenvalue weighted by Crippen LogP contribution is -2.36. The molecule has 1 saturated heterocycles. The zero-order valence-electron chi connectivity index (χ0n) is 10.6. The van der Waals surface area contributed by atoms with Crippen molar-refractivity contribution in [2.24, 2.45) is 0 Å². The van der Waals surface area contributed by atoms with Crippen LogP contribution in [0.4, 0.5) is 17.3 Å². The van der Waals surface area contributed by atoms with Crippen molar-refractivity contribution < 1.29 is 9.90 Å². The van der Waals surface area contributed by atoms with Crippen LogP contribution in [0.1, 0.15) is 12.8 Å². The molecular weight excluding hydrogens is 232 g/mol. The first-order valence-corrected chi connectivity index (χ1v) is 5.94. The van der Waals surface area contributed by atoms with Crippen LogP contribution in [0.5, 0.6) is 0 Å². The van der Waals surface area contributed by atoms with Gasteiger partial charge >= 0.3 is 5.97 Å². The van der Waals surface area contributed by atoms with Crippen molar-refractivity contribution in [3.8, 4) is 0 Å². The minimum absolute atomic E-state index is 0.476. The fourth-order valence-electron chi connectivity index (χ4n) is 2.26. The highest BCUT2D eigenvalue weighted by atomic mass is 16.4. The molecule has 1 fully saturated rings. The third-order valence-electron chi connectivity index (χ3n) is 3.15. The standard InChI is InChI=1S/C12H18N4O2/c1-15(2)11-8(13)5-6-10(14-11)16-7-3-4-9(16)12(17)18/h5-6,9H,3-4,7,13H2,1-2H3,(H,17,18). The van der Waals surface area contributed by atoms with E-state index >= 15 is 0 Å². The SMILES string of the molecule is CN(C)c1nc(N2CCCC2C(=O)O)ccc1N. The van der Waals surface area contributed by atoms with Gasteiger partial charge in [-0.1, -0.05) is 0 Å². The number of carboxylic acid groups (broad SMARTS) is 1. The summed E-state index contributed by atoms with van der Waals surface area (Å²) in [5.41, 5.74) is 6.44. The summed E-state index contributed by atoms with van der Waals surface area (Å²) in [5, 5.41) is 9.17. The number of hydrogen-bond acceptors (Lipinski definition) is 5. The van der Waals surface area contributed by atoms with Crippen molar-refractivity contribution in [2.45, 2.75) is 18.9 Å². The van der Waals surface area contributed by atoms with Gasteiger partial charge in [0.15, 0.2) is 5.82 Å². The van der Waals surface area contributed by atoms with Crippen LogP contribution in [-0.4, -0.2) is 42.7 Å². The summed E-state index contributed by atoms with van der Waals surface area (Å²) < 4.78 is 0. The molecule has 1 aliphatic rings. The Morgan fingerprint density at radius 1 is 1.56 bits per heavy atom. The van der Waals surface area contributed by atoms with Gasteiger partial charge < -0.3 is 20.6 Å². The predicted octanol–water partition coefficient (Wildman–Crippen LogP) is 0.783. The number of hydrogen-bond donors (Lipinski definition) is 2. The maximum atomic E-state index is 11.2. The van der Waals surface area contributed by atoms with Gasteiger partial charge in [0.25, 0.3) is 0 Å². The van der Waals surface area contributed by atoms with E-state index in [4.69, 9.17) is 5.73 Å². The van der Waals surface area contributed by atoms with Crippen LogP contribution in [0.25, 0.3) is 0 Å². The average Bonchev–Trinajstić information content (AvgIpc) is 2.78. The summed E-state index contributed by atoms with van der Waals surface area (Å²) in [4.78, 5) is 19.3. The Labute approximate surface area is 106 Å². The maximum absolute atomic E-state index is 11.2. The fourth-order valence-corrected chi connectivity index (χ4v) is 2.26. The Hall–Kier alpha value is -1.98. The summed E-state index contributed by atoms with van der Waals surface area (Å²) >= 11 is 0. The summed E-state index contributed by atoms with van der Waals surface area (Å²) in [6.07, 6.45) is 1.54. The summed E-state index contributed by atoms with van der Waals surface area (Å²) in [5.74, 6) is 0.555. The van der Waals surface area contributed by atoms with Crippen LogP contribution in [0.3, 0.4) is 0 Å². The Kier molecular flexibility index (Phi) is 3.27. The molecule has 3 N–H and O–H groups in total. The van der Waals surface area contributed by atoms with E-state index in [0.717, 1.165) is 13.0 Å². The zero-order valence-corrected chi connectivity index (χ0v) is 10.6. The van der Waals surface area contributed by atoms with Crippen LogP contribution in [0.2, 0.25) is 0 Å². The highest BCUT2D eigenvalue weighted by molar-refractivity contribution is 5.79. The third-order valence-corrected chi connectivity index (χ3v) is 3.15. The molecule has 6 heteroatoms. The lowest BCUT2D eigenvalue weighted by molar-refractivity contribution is -0.138. The van der Waals surface area contributed by atoms with Crippen LogP contribution in [-0.2, 0) is 4.79 Å². The number of nitrogen functional groups attached to an aromatic ring is 1. The molecule has 18 heavy (non-hydrogen) atoms. The lowest BCUT2D eigenvalue weighted by Gasteiger charge is -2.24. The smallest absolute Gasteiger partial charge is 0.326 e. The molecule has 2 rings (SSSR count). The highest BCUT2D eigenvalue weighted by Gasteiger charge is 2.31. The van der Waals surface area contributed by atoms with Crippen molar-refractivity contribution in [1.29, 1.82) is 0 Å². The minimum atomic E-state index is -0.794. The van der Waals surface area contributed by atoms with E-state index in [0.29, 0.717) is 23.7 Å². The molecule has 0 spiro atoms. The van der Waals surface area contributed by atoms with Crippen LogP contribution >= 0.6 is 0 Å². The first-order chi connectivity index (χ1) is 8.50. The number of nitrogens with zero attached hydrogens (tertiary/aromatic N) is 3. The molecule has 6 nitrogen and oxygen atoms in total. The number of anilines is 3. The topological polar surface area (TPSA) is 82.7 Å². The van der Waals surface area contributed by atoms with Crippen molar-refractivity contribution in [1.82, 2.24) is 4.98 Å². The van der Waals surface area contributed by atoms with Gasteiger partial charge in [-0.25, -0.2) is 9.78 Å². The van der Waals surface area contributed by atoms with Crippen LogP contribution in [0.15, 0.2) is 12.1 Å². The first kappa shape index (κ1) is 12.5. The third kappa shape index (κ3) is 2.18. The first-order valence-electron chi connectivity index (χ1n) is 5.94. The van der Waals surface area contributed by atoms with Gasteiger partial charge in [-0.3, -0.25) is 0 Å². The van der Waals surface area contributed by atoms with Gasteiger partial charge in [0.1, 0.15) is 11.9 Å². The molecule has 0 saturated carbocycles. The second-order valence-corrected chi connectivity index (χ2v) is 4.67. The molecular formula is C12H18N4O2. The molecule has 2 heterocycles. The molecule has 1 atom stereocenters. The Morgan fingerprint density at radius 2 is 2.28 bits per heavy atom. The van der Waals surface area contributed by atoms with Crippen molar-refractivity contribution in [2.75, 3.05) is 36.2 Å². The van der Waals surface area contributed by atoms with E-state index in [1.54, 1.807) is 12.1 Å². The van der Waals surface area contributed by atoms with Crippen molar-refractivity contribution >= 4 is 23.3 Å². The molecule has 0 aliphatic carbocycles. The van der Waals surface area contributed by atoms with E-state index in [9.17, 15) is 9.90 Å². The van der Waals surface area contributed by atoms with Crippen molar-refractivity contribution in [3.05, 3.63) is 12.1 Å². The van der Waals surface area contributed by atoms with Crippen LogP contribution in [0, 0.1) is 0 Å². The van der Waals surface area contributed by atoms with Gasteiger partial charge in [0.05, 0.1) is 5.69 Å². The second-order valence-electron chi connectivity index (χ2n) is 4.67. The number of aliphatic carboxylic acids is 1. The summed E-state index contributed by atoms with van der Waals surface area (Å²) in [6, 6.07) is 3.08. The number of nitrogens with two attached hydrogens (primary N) is 1. The number of pyridine rings is 1. The van der Waals surface area contributed by atoms with Crippen molar-refractivity contribution in [3.63, 3.8) is 0 Å². The molecule has 0 amide bonds. The Bertz CT molecular complexity index is 461. The number of rotatable bonds is 3. The average molecular weight is 250 g/mol. The molecule has 1 aromatic heterocycles. The summed E-state index contributed by atoms with van der Waals surface area (Å²) in [6.45, 7) is 0.723. The summed E-state index contributed by atoms with van der Waals surface area (Å²) in [7, 11) is 3.72. The number of aromatic nitrogens is 1. The molecule has 0 bridgehead atoms. The highest BCUT2D eigenvalue weighted by Crippen LogP contribution is 2.28. The zero-order chi connectivity index (χ0) is 13.3. The van der Waals surface area contributed by atoms with E-state index in [1.807, 2.05) is 23.9 Å². The second kappa shape index (κ2) is 4.72. The lowest BCUT2D eigenvalue weighted by atomic mass is 10.2. The van der Waals surface area contributed by atoms with Crippen LogP contribution < -0.4 is 15.5 Å². The fraction of sp³-hybridized carbons (Fsp3) is 0.500. The van der Waals surface area contributed by atoms with Gasteiger partial charge in [-0.05, 0) is 25.0 Å². The van der Waals surface area contributed by atoms with E-state index in [2.05, 4.69) is 4.98 Å². The quantitative estimate of drug-likeness (QED) is 0.825. The number of carboxylic acids is 1. The molecule has 0 radical (unpaired) electrons. The Balaban J connectivity index is 2.33. The molecule has 1 aromatic rings. The normalized spacial score (nSPS) is 19.0. The molecule has 98 valence electrons. The van der Waals surface area contributed by atoms with E-state index < -0.39 is 12.0 Å². The minimum Gasteiger partial charge on any atom is -0.480 e. The number of carbonyl (C=O) groups is 1. The molecule has 1 aliphatic heterocycles. The van der Waals surface area contributed by atoms with Gasteiger partial charge in [0, 0.05) is 20.6 Å². The monoisotopic (exact) mass is 250 g/mol. The predicted molar refractivity (Wildman–Crippen MR) is 71.0 cm³/mol. The van der Waals surface area contributed by atoms with E-state index in [1.165, 1.54) is 0 Å². The van der Waals surface area contributed by atoms with Gasteiger partial charge in [0.2, 0.25) is 0 Å². The van der Waals surface area contributed by atoms with Gasteiger partial charge in [-0.15, -0.1) is 0 Å². The Morgan fingerprint density at radius 3 is 2.89 bits per heavy atom. The van der Waals surface area contributed by atoms with E-state index in [-0.39, 0.29) is 0 Å². The van der Waals surface area contributed by atoms with Gasteiger partial charge in [-0.2, -0.15) is 0 Å².